The van der Waals surface area contributed by atoms with E-state index in [1.54, 1.807) is 12.1 Å². The number of rotatable bonds is 19. The van der Waals surface area contributed by atoms with Gasteiger partial charge < -0.3 is 18.2 Å². The predicted octanol–water partition coefficient (Wildman–Crippen LogP) is 34.0. The van der Waals surface area contributed by atoms with Crippen LogP contribution >= 0.6 is 139 Å². The Hall–Kier alpha value is -8.45. The topological polar surface area (TPSA) is 229 Å². The molecule has 16 aromatic rings. The molecule has 39 heteroatoms. The van der Waals surface area contributed by atoms with E-state index >= 15 is 0 Å². The first-order valence-corrected chi connectivity index (χ1v) is 57.3. The van der Waals surface area contributed by atoms with Gasteiger partial charge >= 0.3 is 0 Å². The Kier molecular flexibility index (Phi) is 45.8. The third kappa shape index (κ3) is 36.2. The maximum absolute atomic E-state index is 12.6. The molecule has 0 aliphatic carbocycles. The summed E-state index contributed by atoms with van der Waals surface area (Å²) in [6, 6.07) is 107. The molecule has 0 unspecified atom stereocenters. The van der Waals surface area contributed by atoms with E-state index in [4.69, 9.17) is 139 Å². The normalized spacial score (nSPS) is 11.3. The molecular formula is C106H81Cl12F7O12S8. The van der Waals surface area contributed by atoms with E-state index in [1.807, 2.05) is 192 Å². The second kappa shape index (κ2) is 55.4. The zero-order chi connectivity index (χ0) is 107. The van der Waals surface area contributed by atoms with Gasteiger partial charge in [-0.15, -0.1) is 0 Å². The number of hydrogen-bond acceptors (Lipinski definition) is 12. The van der Waals surface area contributed by atoms with Crippen LogP contribution in [0.1, 0.15) is 81.5 Å². The van der Waals surface area contributed by atoms with Crippen molar-refractivity contribution in [3.63, 3.8) is 0 Å². The summed E-state index contributed by atoms with van der Waals surface area (Å²) in [4.78, 5) is 10.8. The number of hydrogen-bond donors (Lipinski definition) is 0. The van der Waals surface area contributed by atoms with Crippen molar-refractivity contribution in [2.24, 2.45) is 0 Å². The molecule has 0 N–H and O–H groups in total. The molecule has 12 nitrogen and oxygen atoms in total. The zero-order valence-electron chi connectivity index (χ0n) is 76.5. The van der Waals surface area contributed by atoms with E-state index in [2.05, 4.69) is 159 Å². The highest BCUT2D eigenvalue weighted by Gasteiger charge is 2.35. The zero-order valence-corrected chi connectivity index (χ0v) is 92.1. The maximum atomic E-state index is 12.6. The number of aryl methyl sites for hydroxylation is 1. The first-order valence-electron chi connectivity index (χ1n) is 42.3. The quantitative estimate of drug-likeness (QED) is 0.0242. The Labute approximate surface area is 910 Å². The van der Waals surface area contributed by atoms with E-state index in [0.29, 0.717) is 35.2 Å². The summed E-state index contributed by atoms with van der Waals surface area (Å²) in [7, 11) is -20.2. The van der Waals surface area contributed by atoms with Crippen LogP contribution in [0.15, 0.2) is 424 Å². The summed E-state index contributed by atoms with van der Waals surface area (Å²) in [5.74, 6) is -14.8. The molecule has 0 saturated carbocycles. The maximum Gasteiger partial charge on any atom is 0.200 e. The monoisotopic (exact) mass is 2350 g/mol. The Morgan fingerprint density at radius 2 is 0.407 bits per heavy atom. The van der Waals surface area contributed by atoms with Crippen LogP contribution in [-0.4, -0.2) is 51.9 Å². The van der Waals surface area contributed by atoms with Gasteiger partial charge in [-0.25, -0.2) is 64.4 Å². The Bertz CT molecular complexity index is 6490. The third-order valence-electron chi connectivity index (χ3n) is 19.8. The molecule has 0 bridgehead atoms. The number of benzene rings is 16. The van der Waals surface area contributed by atoms with Crippen LogP contribution in [0.4, 0.5) is 30.7 Å². The molecule has 0 saturated heterocycles. The van der Waals surface area contributed by atoms with Crippen LogP contribution in [0.25, 0.3) is 0 Å². The molecule has 0 fully saturated rings. The molecule has 145 heavy (non-hydrogen) atoms. The lowest BCUT2D eigenvalue weighted by molar-refractivity contribution is 0.350. The minimum atomic E-state index is -5.77. The van der Waals surface area contributed by atoms with Crippen molar-refractivity contribution in [1.82, 2.24) is 0 Å². The molecule has 0 spiro atoms. The van der Waals surface area contributed by atoms with Crippen LogP contribution in [0.3, 0.4) is 0 Å². The second-order valence-electron chi connectivity index (χ2n) is 31.3. The van der Waals surface area contributed by atoms with Crippen LogP contribution in [-0.2, 0) is 84.1 Å². The molecule has 0 aromatic heterocycles. The lowest BCUT2D eigenvalue weighted by Gasteiger charge is -2.24. The molecule has 0 aliphatic rings. The van der Waals surface area contributed by atoms with E-state index in [9.17, 15) is 82.6 Å². The lowest BCUT2D eigenvalue weighted by Crippen LogP contribution is -2.12. The van der Waals surface area contributed by atoms with Gasteiger partial charge in [0.15, 0.2) is 82.0 Å². The summed E-state index contributed by atoms with van der Waals surface area (Å²) in [5.41, 5.74) is 3.30. The molecule has 16 rings (SSSR count). The first-order chi connectivity index (χ1) is 68.2. The van der Waals surface area contributed by atoms with Gasteiger partial charge in [0.05, 0.1) is 58.3 Å². The predicted molar refractivity (Wildman–Crippen MR) is 570 cm³/mol. The van der Waals surface area contributed by atoms with Crippen molar-refractivity contribution < 1.29 is 82.6 Å². The molecule has 16 aromatic carbocycles. The lowest BCUT2D eigenvalue weighted by atomic mass is 9.89. The molecule has 0 radical (unpaired) electrons. The van der Waals surface area contributed by atoms with Crippen LogP contribution in [0.5, 0.6) is 0 Å². The van der Waals surface area contributed by atoms with E-state index in [1.165, 1.54) is 70.9 Å². The first kappa shape index (κ1) is 120. The van der Waals surface area contributed by atoms with Crippen LogP contribution in [0, 0.1) is 47.6 Å². The van der Waals surface area contributed by atoms with Crippen molar-refractivity contribution >= 4 is 223 Å². The van der Waals surface area contributed by atoms with Gasteiger partial charge in [-0.2, -0.15) is 0 Å². The van der Waals surface area contributed by atoms with Crippen molar-refractivity contribution in [3.05, 3.63) is 469 Å². The average Bonchev–Trinajstić information content (AvgIpc) is 0.758. The van der Waals surface area contributed by atoms with E-state index in [0.717, 1.165) is 71.4 Å². The second-order valence-corrected chi connectivity index (χ2v) is 50.0. The van der Waals surface area contributed by atoms with Gasteiger partial charge in [0.25, 0.3) is 0 Å². The highest BCUT2D eigenvalue weighted by molar-refractivity contribution is 7.98. The molecule has 0 aliphatic heterocycles. The van der Waals surface area contributed by atoms with Crippen LogP contribution in [0.2, 0.25) is 60.3 Å². The van der Waals surface area contributed by atoms with Gasteiger partial charge in [-0.1, -0.05) is 211 Å². The molecule has 758 valence electrons. The summed E-state index contributed by atoms with van der Waals surface area (Å²) < 4.78 is 214. The van der Waals surface area contributed by atoms with Gasteiger partial charge in [0.2, 0.25) is 5.82 Å². The molecule has 0 amide bonds. The Morgan fingerprint density at radius 3 is 0.559 bits per heavy atom. The van der Waals surface area contributed by atoms with E-state index in [-0.39, 0.29) is 65.2 Å². The van der Waals surface area contributed by atoms with Crippen molar-refractivity contribution in [3.8, 4) is 0 Å². The smallest absolute Gasteiger partial charge is 0.200 e. The van der Waals surface area contributed by atoms with Gasteiger partial charge in [0, 0.05) is 66.3 Å². The van der Waals surface area contributed by atoms with Crippen molar-refractivity contribution in [2.45, 2.75) is 145 Å². The Morgan fingerprint density at radius 1 is 0.221 bits per heavy atom. The highest BCUT2D eigenvalue weighted by Crippen LogP contribution is 2.41. The Balaban J connectivity index is 0.000000187. The average molecular weight is 2360 g/mol. The molecule has 0 atom stereocenters. The van der Waals surface area contributed by atoms with E-state index < -0.39 is 91.0 Å². The SMILES string of the molecule is CC(C)c1cc(C(C)C)c(S(=O)(=O)[O-])c(C(C)C)c1.Cc1ccc(S(=O)(=O)[O-])cc1.Clc1ccc([S+](c2ccc(Cl)cc2)c2ccc(Cl)cc2)cc1.Clc1ccc([S+](c2ccc(Cl)cc2)c2ccc(Cl)cc2)cc1.Clc1ccc([S+](c2ccc(Cl)cc2)c2ccc(Cl)cc2)cc1.Clc1ccc([S+](c2ccc(Cl)cc2)c2ccc(Cl)cc2)cc1.O=S(=O)([O-])c1c(F)c(F)c(F)c(F)c1F.O=S(=O)([O-])c1ccc(F)cc1F. The van der Waals surface area contributed by atoms with Crippen LogP contribution < -0.4 is 0 Å². The van der Waals surface area contributed by atoms with Crippen molar-refractivity contribution in [1.29, 1.82) is 0 Å². The fourth-order valence-electron chi connectivity index (χ4n) is 12.8. The number of halogens is 19. The highest BCUT2D eigenvalue weighted by atomic mass is 35.5. The largest absolute Gasteiger partial charge is 0.744 e. The minimum absolute atomic E-state index is 0.00919. The van der Waals surface area contributed by atoms with Gasteiger partial charge in [0.1, 0.15) is 57.0 Å². The molecule has 0 heterocycles. The summed E-state index contributed by atoms with van der Waals surface area (Å²) in [6.07, 6.45) is 0. The van der Waals surface area contributed by atoms with Gasteiger partial charge in [-0.05, 0) is 357 Å². The fraction of sp³-hybridized carbons (Fsp3) is 0.0943. The summed E-state index contributed by atoms with van der Waals surface area (Å²) in [5, 5.41) is 8.83. The third-order valence-corrected chi connectivity index (χ3v) is 35.3. The van der Waals surface area contributed by atoms with Crippen molar-refractivity contribution in [2.75, 3.05) is 0 Å². The fourth-order valence-corrected chi connectivity index (χ4v) is 25.3. The molecular weight excluding hydrogens is 2280 g/mol. The van der Waals surface area contributed by atoms with Gasteiger partial charge in [-0.3, -0.25) is 0 Å². The minimum Gasteiger partial charge on any atom is -0.744 e. The summed E-state index contributed by atoms with van der Waals surface area (Å²) >= 11 is 72.2. The summed E-state index contributed by atoms with van der Waals surface area (Å²) in [6.45, 7) is 13.6. The standard InChI is InChI=1S/4C18H12Cl3S.C15H24O3S.C7H8O3S.C6HF5O3S.C6H4F2O3S/c4*19-13-1-7-16(8-2-13)22(17-9-3-14(20)4-10-17)18-11-5-15(21)6-12-18;1-9(2)12-7-13(10(3)4)15(19(16,17)18)14(8-12)11(5)6;1-6-2-4-7(5-3-6)11(8,9)10;7-1-2(8)4(10)6(15(12,13)14)5(11)3(1)9;7-4-1-2-6(5(8)3-4)12(9,10)11/h4*1-12H;7-11H,1-6H3,(H,16,17,18);2-5H,1H3,(H,8,9,10);(H,12,13,14);1-3H,(H,9,10,11)/q4*+1;;;;/p-4.